The van der Waals surface area contributed by atoms with Crippen LogP contribution in [0.25, 0.3) is 0 Å². The summed E-state index contributed by atoms with van der Waals surface area (Å²) in [5, 5.41) is 15.9. The molecule has 0 aromatic heterocycles. The maximum Gasteiger partial charge on any atom is 0.263 e. The number of aryl methyl sites for hydroxylation is 4. The van der Waals surface area contributed by atoms with Crippen molar-refractivity contribution in [3.05, 3.63) is 74.9 Å². The molecule has 5 heteroatoms. The Bertz CT molecular complexity index is 981. The summed E-state index contributed by atoms with van der Waals surface area (Å²) in [6.45, 7) is 5.83. The summed E-state index contributed by atoms with van der Waals surface area (Å²) in [5.41, 5.74) is 6.54. The fourth-order valence-corrected chi connectivity index (χ4v) is 4.15. The van der Waals surface area contributed by atoms with Gasteiger partial charge in [0.05, 0.1) is 16.8 Å². The fourth-order valence-electron chi connectivity index (χ4n) is 3.77. The molecule has 1 unspecified atom stereocenters. The third-order valence-electron chi connectivity index (χ3n) is 5.38. The van der Waals surface area contributed by atoms with E-state index in [0.717, 1.165) is 29.5 Å². The largest absolute Gasteiger partial charge is 0.359 e. The number of carbonyl (C=O) groups is 1. The minimum atomic E-state index is -0.411. The Morgan fingerprint density at radius 3 is 2.59 bits per heavy atom. The van der Waals surface area contributed by atoms with Gasteiger partial charge in [0.2, 0.25) is 0 Å². The van der Waals surface area contributed by atoms with Crippen LogP contribution in [0.3, 0.4) is 0 Å². The van der Waals surface area contributed by atoms with Crippen LogP contribution in [0.2, 0.25) is 5.02 Å². The van der Waals surface area contributed by atoms with Crippen molar-refractivity contribution in [2.24, 2.45) is 0 Å². The summed E-state index contributed by atoms with van der Waals surface area (Å²) < 4.78 is 0. The van der Waals surface area contributed by atoms with E-state index in [0.29, 0.717) is 10.7 Å². The SMILES string of the molecule is Cc1cc(C)c(N/C=C(/C#N)C(=O)NC(C)c2ccc3c(c2)CCCC3)c(Cl)c1. The zero-order valence-corrected chi connectivity index (χ0v) is 17.9. The third-order valence-corrected chi connectivity index (χ3v) is 5.68. The first-order valence-electron chi connectivity index (χ1n) is 9.95. The summed E-state index contributed by atoms with van der Waals surface area (Å²) in [5.74, 6) is -0.411. The molecular weight excluding hydrogens is 382 g/mol. The van der Waals surface area contributed by atoms with E-state index in [1.165, 1.54) is 30.2 Å². The van der Waals surface area contributed by atoms with Gasteiger partial charge in [0, 0.05) is 6.20 Å². The van der Waals surface area contributed by atoms with Crippen LogP contribution in [0.1, 0.15) is 53.6 Å². The van der Waals surface area contributed by atoms with Gasteiger partial charge in [-0.05, 0) is 80.3 Å². The van der Waals surface area contributed by atoms with Crippen LogP contribution in [0.15, 0.2) is 42.1 Å². The highest BCUT2D eigenvalue weighted by molar-refractivity contribution is 6.33. The van der Waals surface area contributed by atoms with Crippen molar-refractivity contribution in [1.82, 2.24) is 5.32 Å². The molecule has 2 aromatic rings. The molecule has 4 nitrogen and oxygen atoms in total. The van der Waals surface area contributed by atoms with Crippen LogP contribution in [-0.4, -0.2) is 5.91 Å². The van der Waals surface area contributed by atoms with E-state index in [-0.39, 0.29) is 11.6 Å². The van der Waals surface area contributed by atoms with Gasteiger partial charge >= 0.3 is 0 Å². The van der Waals surface area contributed by atoms with E-state index in [4.69, 9.17) is 11.6 Å². The first-order valence-corrected chi connectivity index (χ1v) is 10.3. The average molecular weight is 408 g/mol. The number of nitrogens with zero attached hydrogens (tertiary/aromatic N) is 1. The van der Waals surface area contributed by atoms with Gasteiger partial charge in [0.1, 0.15) is 11.6 Å². The second-order valence-corrected chi connectivity index (χ2v) is 8.09. The molecule has 3 rings (SSSR count). The van der Waals surface area contributed by atoms with Crippen molar-refractivity contribution >= 4 is 23.2 Å². The molecule has 29 heavy (non-hydrogen) atoms. The summed E-state index contributed by atoms with van der Waals surface area (Å²) in [6.07, 6.45) is 6.09. The number of rotatable bonds is 5. The summed E-state index contributed by atoms with van der Waals surface area (Å²) in [4.78, 5) is 12.6. The Kier molecular flexibility index (Phi) is 6.61. The van der Waals surface area contributed by atoms with Crippen molar-refractivity contribution in [2.75, 3.05) is 5.32 Å². The smallest absolute Gasteiger partial charge is 0.263 e. The average Bonchev–Trinajstić information content (AvgIpc) is 2.69. The molecule has 0 spiro atoms. The summed E-state index contributed by atoms with van der Waals surface area (Å²) in [7, 11) is 0. The number of fused-ring (bicyclic) bond motifs is 1. The Morgan fingerprint density at radius 2 is 1.90 bits per heavy atom. The van der Waals surface area contributed by atoms with Gasteiger partial charge in [-0.25, -0.2) is 0 Å². The number of hydrogen-bond donors (Lipinski definition) is 2. The Hall–Kier alpha value is -2.77. The lowest BCUT2D eigenvalue weighted by Gasteiger charge is -2.20. The van der Waals surface area contributed by atoms with E-state index < -0.39 is 5.91 Å². The van der Waals surface area contributed by atoms with Gasteiger partial charge in [-0.1, -0.05) is 35.9 Å². The number of nitriles is 1. The molecule has 2 aromatic carbocycles. The Labute approximate surface area is 177 Å². The molecule has 0 fully saturated rings. The highest BCUT2D eigenvalue weighted by Crippen LogP contribution is 2.28. The molecule has 1 aliphatic rings. The van der Waals surface area contributed by atoms with Crippen LogP contribution in [0.5, 0.6) is 0 Å². The summed E-state index contributed by atoms with van der Waals surface area (Å²) in [6, 6.07) is 12.0. The van der Waals surface area contributed by atoms with E-state index in [1.807, 2.05) is 39.0 Å². The molecular formula is C24H26ClN3O. The zero-order valence-electron chi connectivity index (χ0n) is 17.1. The van der Waals surface area contributed by atoms with Crippen molar-refractivity contribution in [2.45, 2.75) is 52.5 Å². The van der Waals surface area contributed by atoms with Gasteiger partial charge in [-0.3, -0.25) is 4.79 Å². The van der Waals surface area contributed by atoms with Gasteiger partial charge in [-0.15, -0.1) is 0 Å². The number of amides is 1. The molecule has 0 saturated carbocycles. The number of carbonyl (C=O) groups excluding carboxylic acids is 1. The molecule has 0 radical (unpaired) electrons. The minimum Gasteiger partial charge on any atom is -0.359 e. The van der Waals surface area contributed by atoms with Crippen LogP contribution >= 0.6 is 11.6 Å². The monoisotopic (exact) mass is 407 g/mol. The molecule has 1 amide bonds. The van der Waals surface area contributed by atoms with Crippen molar-refractivity contribution < 1.29 is 4.79 Å². The standard InChI is InChI=1S/C24H26ClN3O/c1-15-10-16(2)23(22(25)11-15)27-14-21(13-26)24(29)28-17(3)19-9-8-18-6-4-5-7-20(18)12-19/h8-12,14,17,27H,4-7H2,1-3H3,(H,28,29)/b21-14-. The van der Waals surface area contributed by atoms with Crippen LogP contribution < -0.4 is 10.6 Å². The lowest BCUT2D eigenvalue weighted by Crippen LogP contribution is -2.28. The zero-order chi connectivity index (χ0) is 21.0. The molecule has 1 aliphatic carbocycles. The van der Waals surface area contributed by atoms with Gasteiger partial charge in [0.25, 0.3) is 5.91 Å². The van der Waals surface area contributed by atoms with Gasteiger partial charge in [-0.2, -0.15) is 5.26 Å². The lowest BCUT2D eigenvalue weighted by atomic mass is 9.89. The van der Waals surface area contributed by atoms with E-state index in [1.54, 1.807) is 0 Å². The highest BCUT2D eigenvalue weighted by atomic mass is 35.5. The third kappa shape index (κ3) is 4.99. The number of halogens is 1. The van der Waals surface area contributed by atoms with Crippen LogP contribution in [0, 0.1) is 25.2 Å². The van der Waals surface area contributed by atoms with Crippen molar-refractivity contribution in [1.29, 1.82) is 5.26 Å². The lowest BCUT2D eigenvalue weighted by molar-refractivity contribution is -0.117. The molecule has 1 atom stereocenters. The van der Waals surface area contributed by atoms with E-state index in [2.05, 4.69) is 28.8 Å². The Balaban J connectivity index is 1.71. The molecule has 0 saturated heterocycles. The molecule has 0 aliphatic heterocycles. The Morgan fingerprint density at radius 1 is 1.17 bits per heavy atom. The first kappa shape index (κ1) is 21.0. The number of hydrogen-bond acceptors (Lipinski definition) is 3. The minimum absolute atomic E-state index is 0.00542. The topological polar surface area (TPSA) is 64.9 Å². The van der Waals surface area contributed by atoms with E-state index in [9.17, 15) is 10.1 Å². The predicted molar refractivity (Wildman–Crippen MR) is 118 cm³/mol. The fraction of sp³-hybridized carbons (Fsp3) is 0.333. The number of nitrogens with one attached hydrogen (secondary N) is 2. The van der Waals surface area contributed by atoms with Crippen molar-refractivity contribution in [3.63, 3.8) is 0 Å². The second-order valence-electron chi connectivity index (χ2n) is 7.68. The van der Waals surface area contributed by atoms with Crippen molar-refractivity contribution in [3.8, 4) is 6.07 Å². The van der Waals surface area contributed by atoms with Gasteiger partial charge < -0.3 is 10.6 Å². The second kappa shape index (κ2) is 9.15. The molecule has 0 bridgehead atoms. The number of benzene rings is 2. The highest BCUT2D eigenvalue weighted by Gasteiger charge is 2.16. The normalized spacial score (nSPS) is 14.5. The van der Waals surface area contributed by atoms with Crippen LogP contribution in [-0.2, 0) is 17.6 Å². The predicted octanol–water partition coefficient (Wildman–Crippen LogP) is 5.53. The van der Waals surface area contributed by atoms with Crippen LogP contribution in [0.4, 0.5) is 5.69 Å². The maximum absolute atomic E-state index is 12.6. The van der Waals surface area contributed by atoms with E-state index >= 15 is 0 Å². The number of anilines is 1. The first-order chi connectivity index (χ1) is 13.9. The molecule has 150 valence electrons. The quantitative estimate of drug-likeness (QED) is 0.505. The molecule has 2 N–H and O–H groups in total. The summed E-state index contributed by atoms with van der Waals surface area (Å²) >= 11 is 6.29. The maximum atomic E-state index is 12.6. The molecule has 0 heterocycles. The van der Waals surface area contributed by atoms with Gasteiger partial charge in [0.15, 0.2) is 0 Å².